The second-order valence-electron chi connectivity index (χ2n) is 7.44. The molecule has 2 heterocycles. The second kappa shape index (κ2) is 9.98. The van der Waals surface area contributed by atoms with E-state index in [4.69, 9.17) is 11.1 Å². The number of unbranched alkanes of at least 4 members (excludes halogenated alkanes) is 1. The fourth-order valence-electron chi connectivity index (χ4n) is 3.46. The Kier molecular flexibility index (Phi) is 7.13. The third-order valence-corrected chi connectivity index (χ3v) is 4.92. The number of imide groups is 1. The number of nitrogens with zero attached hydrogens (tertiary/aromatic N) is 5. The minimum atomic E-state index is -1.15. The predicted molar refractivity (Wildman–Crippen MR) is 110 cm³/mol. The van der Waals surface area contributed by atoms with Crippen molar-refractivity contribution in [1.29, 1.82) is 5.41 Å². The minimum Gasteiger partial charge on any atom is -0.478 e. The van der Waals surface area contributed by atoms with Crippen molar-refractivity contribution in [2.75, 3.05) is 6.67 Å². The Labute approximate surface area is 183 Å². The molecule has 0 atom stereocenters. The summed E-state index contributed by atoms with van der Waals surface area (Å²) >= 11 is 0. The Morgan fingerprint density at radius 3 is 2.50 bits per heavy atom. The molecule has 3 rings (SSSR count). The van der Waals surface area contributed by atoms with Crippen LogP contribution in [0.25, 0.3) is 0 Å². The van der Waals surface area contributed by atoms with Gasteiger partial charge in [-0.2, -0.15) is 5.01 Å². The van der Waals surface area contributed by atoms with Gasteiger partial charge in [0.05, 0.1) is 31.0 Å². The molecule has 1 aliphatic rings. The van der Waals surface area contributed by atoms with E-state index in [0.717, 1.165) is 10.0 Å². The molecule has 0 radical (unpaired) electrons. The number of nitrogens with two attached hydrogens (primary N) is 1. The molecular weight excluding hydrogens is 421 g/mol. The van der Waals surface area contributed by atoms with Crippen LogP contribution in [0.3, 0.4) is 0 Å². The van der Waals surface area contributed by atoms with Crippen molar-refractivity contribution in [3.8, 4) is 0 Å². The number of carboxylic acid groups (broad SMARTS) is 1. The Balaban J connectivity index is 1.82. The van der Waals surface area contributed by atoms with Gasteiger partial charge in [0.1, 0.15) is 0 Å². The summed E-state index contributed by atoms with van der Waals surface area (Å²) in [6, 6.07) is 4.58. The lowest BCUT2D eigenvalue weighted by atomic mass is 10.1. The first kappa shape index (κ1) is 22.8. The van der Waals surface area contributed by atoms with Crippen LogP contribution in [0, 0.1) is 5.41 Å². The standard InChI is InChI=1S/C20H24FN7O4/c21-6-2-1-3-16-12-26(25-24-16)10-13-7-14(9-15(8-13)19(31)32)11-27(20(22)23)28-17(29)4-5-18(28)30/h7-9,12H,1-6,10-11H2,(H3,22,23)(H,31,32). The maximum Gasteiger partial charge on any atom is 0.335 e. The molecule has 12 heteroatoms. The number of carboxylic acids is 1. The molecule has 1 saturated heterocycles. The monoisotopic (exact) mass is 445 g/mol. The van der Waals surface area contributed by atoms with Crippen molar-refractivity contribution in [3.05, 3.63) is 46.8 Å². The van der Waals surface area contributed by atoms with Crippen LogP contribution in [0.4, 0.5) is 4.39 Å². The smallest absolute Gasteiger partial charge is 0.335 e. The highest BCUT2D eigenvalue weighted by atomic mass is 19.1. The fourth-order valence-corrected chi connectivity index (χ4v) is 3.46. The first-order valence-electron chi connectivity index (χ1n) is 10.1. The summed E-state index contributed by atoms with van der Waals surface area (Å²) in [5.41, 5.74) is 7.36. The molecule has 0 unspecified atom stereocenters. The van der Waals surface area contributed by atoms with Crippen molar-refractivity contribution in [2.24, 2.45) is 5.73 Å². The summed E-state index contributed by atoms with van der Waals surface area (Å²) < 4.78 is 13.8. The first-order valence-corrected chi connectivity index (χ1v) is 10.1. The van der Waals surface area contributed by atoms with Crippen molar-refractivity contribution in [3.63, 3.8) is 0 Å². The quantitative estimate of drug-likeness (QED) is 0.212. The fraction of sp³-hybridized carbons (Fsp3) is 0.400. The molecule has 0 saturated carbocycles. The molecule has 0 aliphatic carbocycles. The Morgan fingerprint density at radius 2 is 1.88 bits per heavy atom. The van der Waals surface area contributed by atoms with Crippen LogP contribution in [0.5, 0.6) is 0 Å². The van der Waals surface area contributed by atoms with E-state index in [0.29, 0.717) is 36.1 Å². The maximum atomic E-state index is 12.3. The number of carbonyl (C=O) groups excluding carboxylic acids is 2. The van der Waals surface area contributed by atoms with Crippen LogP contribution in [0.15, 0.2) is 24.4 Å². The van der Waals surface area contributed by atoms with E-state index < -0.39 is 23.7 Å². The number of nitrogens with one attached hydrogen (secondary N) is 1. The van der Waals surface area contributed by atoms with Gasteiger partial charge < -0.3 is 10.8 Å². The number of halogens is 1. The van der Waals surface area contributed by atoms with Gasteiger partial charge in [-0.05, 0) is 42.5 Å². The van der Waals surface area contributed by atoms with Crippen LogP contribution in [-0.4, -0.2) is 60.5 Å². The zero-order chi connectivity index (χ0) is 23.3. The van der Waals surface area contributed by atoms with Gasteiger partial charge in [0.15, 0.2) is 0 Å². The normalized spacial score (nSPS) is 13.6. The Morgan fingerprint density at radius 1 is 1.19 bits per heavy atom. The summed E-state index contributed by atoms with van der Waals surface area (Å²) in [6.45, 7) is -0.288. The number of aromatic carboxylic acids is 1. The van der Waals surface area contributed by atoms with E-state index in [2.05, 4.69) is 10.3 Å². The molecule has 32 heavy (non-hydrogen) atoms. The number of hydrogen-bond acceptors (Lipinski definition) is 6. The number of guanidine groups is 1. The number of hydrogen-bond donors (Lipinski definition) is 3. The Bertz CT molecular complexity index is 1020. The van der Waals surface area contributed by atoms with E-state index in [1.54, 1.807) is 16.9 Å². The number of rotatable bonds is 10. The third-order valence-electron chi connectivity index (χ3n) is 4.92. The van der Waals surface area contributed by atoms with Crippen LogP contribution in [0.2, 0.25) is 0 Å². The van der Waals surface area contributed by atoms with Crippen LogP contribution < -0.4 is 5.73 Å². The maximum absolute atomic E-state index is 12.3. The zero-order valence-corrected chi connectivity index (χ0v) is 17.3. The molecule has 170 valence electrons. The number of benzene rings is 1. The number of alkyl halides is 1. The highest BCUT2D eigenvalue weighted by Crippen LogP contribution is 2.19. The van der Waals surface area contributed by atoms with Crippen molar-refractivity contribution in [2.45, 2.75) is 45.2 Å². The molecule has 2 aromatic rings. The van der Waals surface area contributed by atoms with E-state index in [1.165, 1.54) is 12.1 Å². The minimum absolute atomic E-state index is 0.00311. The summed E-state index contributed by atoms with van der Waals surface area (Å²) in [4.78, 5) is 35.8. The van der Waals surface area contributed by atoms with E-state index in [1.807, 2.05) is 0 Å². The van der Waals surface area contributed by atoms with E-state index >= 15 is 0 Å². The molecule has 11 nitrogen and oxygen atoms in total. The molecule has 0 bridgehead atoms. The van der Waals surface area contributed by atoms with Gasteiger partial charge in [0.25, 0.3) is 0 Å². The summed E-state index contributed by atoms with van der Waals surface area (Å²) in [5.74, 6) is -2.60. The number of hydrazine groups is 1. The molecule has 2 amide bonds. The average Bonchev–Trinajstić information content (AvgIpc) is 3.32. The van der Waals surface area contributed by atoms with Gasteiger partial charge in [-0.3, -0.25) is 19.4 Å². The molecular formula is C20H24FN7O4. The highest BCUT2D eigenvalue weighted by molar-refractivity contribution is 6.03. The zero-order valence-electron chi connectivity index (χ0n) is 17.3. The summed E-state index contributed by atoms with van der Waals surface area (Å²) in [5, 5.41) is 27.2. The molecule has 1 aliphatic heterocycles. The van der Waals surface area contributed by atoms with Gasteiger partial charge in [0, 0.05) is 19.0 Å². The van der Waals surface area contributed by atoms with Gasteiger partial charge in [-0.15, -0.1) is 5.10 Å². The molecule has 0 spiro atoms. The third kappa shape index (κ3) is 5.45. The highest BCUT2D eigenvalue weighted by Gasteiger charge is 2.35. The lowest BCUT2D eigenvalue weighted by Crippen LogP contribution is -2.51. The van der Waals surface area contributed by atoms with Crippen molar-refractivity contribution >= 4 is 23.7 Å². The van der Waals surface area contributed by atoms with Gasteiger partial charge in [-0.25, -0.2) is 14.5 Å². The molecule has 1 aromatic carbocycles. The average molecular weight is 445 g/mol. The van der Waals surface area contributed by atoms with Crippen LogP contribution >= 0.6 is 0 Å². The Hall–Kier alpha value is -3.83. The number of carbonyl (C=O) groups is 3. The van der Waals surface area contributed by atoms with Crippen molar-refractivity contribution in [1.82, 2.24) is 25.0 Å². The summed E-state index contributed by atoms with van der Waals surface area (Å²) in [7, 11) is 0. The lowest BCUT2D eigenvalue weighted by molar-refractivity contribution is -0.151. The number of aryl methyl sites for hydroxylation is 1. The van der Waals surface area contributed by atoms with Crippen LogP contribution in [-0.2, 0) is 29.1 Å². The largest absolute Gasteiger partial charge is 0.478 e. The van der Waals surface area contributed by atoms with Gasteiger partial charge >= 0.3 is 5.97 Å². The van der Waals surface area contributed by atoms with Crippen molar-refractivity contribution < 1.29 is 23.9 Å². The van der Waals surface area contributed by atoms with Crippen LogP contribution in [0.1, 0.15) is 52.9 Å². The van der Waals surface area contributed by atoms with Gasteiger partial charge in [-0.1, -0.05) is 11.3 Å². The second-order valence-corrected chi connectivity index (χ2v) is 7.44. The first-order chi connectivity index (χ1) is 15.3. The molecule has 1 fully saturated rings. The topological polar surface area (TPSA) is 158 Å². The number of amides is 2. The SMILES string of the molecule is N=C(N)N(Cc1cc(Cn2cc(CCCCF)nn2)cc(C(=O)O)c1)N1C(=O)CCC1=O. The lowest BCUT2D eigenvalue weighted by Gasteiger charge is -2.30. The predicted octanol–water partition coefficient (Wildman–Crippen LogP) is 1.08. The summed E-state index contributed by atoms with van der Waals surface area (Å²) in [6.07, 6.45) is 3.48. The van der Waals surface area contributed by atoms with E-state index in [-0.39, 0.29) is 38.2 Å². The van der Waals surface area contributed by atoms with E-state index in [9.17, 15) is 23.9 Å². The molecule has 1 aromatic heterocycles. The number of aromatic nitrogens is 3. The van der Waals surface area contributed by atoms with Gasteiger partial charge in [0.2, 0.25) is 17.8 Å². The molecule has 4 N–H and O–H groups in total.